The molecule has 1 heterocycles. The fourth-order valence-electron chi connectivity index (χ4n) is 2.35. The van der Waals surface area contributed by atoms with Gasteiger partial charge in [-0.15, -0.1) is 11.8 Å². The number of carboxylic acid groups (broad SMARTS) is 1. The summed E-state index contributed by atoms with van der Waals surface area (Å²) in [6.07, 6.45) is 1.94. The highest BCUT2D eigenvalue weighted by Gasteiger charge is 2.13. The third-order valence-electron chi connectivity index (χ3n) is 3.41. The van der Waals surface area contributed by atoms with Crippen molar-refractivity contribution in [3.63, 3.8) is 0 Å². The predicted octanol–water partition coefficient (Wildman–Crippen LogP) is 3.67. The Balaban J connectivity index is 2.47. The molecule has 0 aliphatic heterocycles. The van der Waals surface area contributed by atoms with Crippen LogP contribution in [0, 0.1) is 6.92 Å². The number of carboxylic acids is 1. The molecule has 0 saturated heterocycles. The molecule has 0 amide bonds. The lowest BCUT2D eigenvalue weighted by Gasteiger charge is -2.06. The van der Waals surface area contributed by atoms with E-state index in [0.29, 0.717) is 21.9 Å². The molecule has 2 aromatic carbocycles. The van der Waals surface area contributed by atoms with E-state index in [1.165, 1.54) is 18.2 Å². The van der Waals surface area contributed by atoms with Gasteiger partial charge < -0.3 is 9.52 Å². The van der Waals surface area contributed by atoms with Gasteiger partial charge in [-0.3, -0.25) is 4.79 Å². The van der Waals surface area contributed by atoms with Crippen LogP contribution in [0.2, 0.25) is 0 Å². The summed E-state index contributed by atoms with van der Waals surface area (Å²) in [5.41, 5.74) is 1.71. The van der Waals surface area contributed by atoms with Crippen LogP contribution < -0.4 is 5.43 Å². The summed E-state index contributed by atoms with van der Waals surface area (Å²) in [6.45, 7) is 1.89. The zero-order valence-corrected chi connectivity index (χ0v) is 12.3. The normalized spacial score (nSPS) is 11.1. The van der Waals surface area contributed by atoms with Gasteiger partial charge in [0.25, 0.3) is 0 Å². The number of fused-ring (bicyclic) bond motifs is 2. The lowest BCUT2D eigenvalue weighted by atomic mass is 10.1. The fourth-order valence-corrected chi connectivity index (χ4v) is 2.88. The Morgan fingerprint density at radius 2 is 1.95 bits per heavy atom. The first-order valence-corrected chi connectivity index (χ1v) is 7.52. The summed E-state index contributed by atoms with van der Waals surface area (Å²) in [5.74, 6) is -1.06. The van der Waals surface area contributed by atoms with Crippen LogP contribution in [0.3, 0.4) is 0 Å². The fraction of sp³-hybridized carbons (Fsp3) is 0.125. The number of benzene rings is 2. The Hall–Kier alpha value is -2.27. The highest BCUT2D eigenvalue weighted by Crippen LogP contribution is 2.27. The number of thioether (sulfide) groups is 1. The van der Waals surface area contributed by atoms with E-state index in [1.807, 2.05) is 19.2 Å². The van der Waals surface area contributed by atoms with Crippen molar-refractivity contribution in [3.05, 3.63) is 51.7 Å². The molecule has 0 unspecified atom stereocenters. The molecular weight excluding hydrogens is 288 g/mol. The van der Waals surface area contributed by atoms with Crippen LogP contribution in [-0.2, 0) is 0 Å². The molecule has 0 spiro atoms. The highest BCUT2D eigenvalue weighted by atomic mass is 32.2. The van der Waals surface area contributed by atoms with Crippen molar-refractivity contribution in [2.75, 3.05) is 6.26 Å². The minimum Gasteiger partial charge on any atom is -0.478 e. The largest absolute Gasteiger partial charge is 0.478 e. The standard InChI is InChI=1S/C16H12O4S/c1-8-5-10(21-2)7-12-14(17)11-6-9(16(18)19)3-4-13(11)20-15(8)12/h3-7H,1-2H3,(H,18,19). The van der Waals surface area contributed by atoms with Gasteiger partial charge in [-0.05, 0) is 49.1 Å². The first-order valence-electron chi connectivity index (χ1n) is 6.30. The number of hydrogen-bond donors (Lipinski definition) is 1. The van der Waals surface area contributed by atoms with Gasteiger partial charge in [0.1, 0.15) is 11.2 Å². The van der Waals surface area contributed by atoms with Crippen molar-refractivity contribution < 1.29 is 14.3 Å². The zero-order valence-electron chi connectivity index (χ0n) is 11.5. The van der Waals surface area contributed by atoms with Crippen molar-refractivity contribution in [1.29, 1.82) is 0 Å². The molecular formula is C16H12O4S. The van der Waals surface area contributed by atoms with Crippen LogP contribution in [0.5, 0.6) is 0 Å². The molecule has 1 aromatic heterocycles. The molecule has 21 heavy (non-hydrogen) atoms. The van der Waals surface area contributed by atoms with Gasteiger partial charge in [-0.25, -0.2) is 4.79 Å². The van der Waals surface area contributed by atoms with Crippen molar-refractivity contribution in [3.8, 4) is 0 Å². The van der Waals surface area contributed by atoms with E-state index in [9.17, 15) is 9.59 Å². The van der Waals surface area contributed by atoms with E-state index in [-0.39, 0.29) is 11.0 Å². The number of hydrogen-bond acceptors (Lipinski definition) is 4. The first kappa shape index (κ1) is 13.7. The van der Waals surface area contributed by atoms with Crippen LogP contribution in [-0.4, -0.2) is 17.3 Å². The third-order valence-corrected chi connectivity index (χ3v) is 4.12. The van der Waals surface area contributed by atoms with Gasteiger partial charge in [-0.1, -0.05) is 0 Å². The second-order valence-corrected chi connectivity index (χ2v) is 5.65. The molecule has 3 aromatic rings. The van der Waals surface area contributed by atoms with E-state index in [1.54, 1.807) is 17.8 Å². The lowest BCUT2D eigenvalue weighted by molar-refractivity contribution is 0.0697. The molecule has 3 rings (SSSR count). The van der Waals surface area contributed by atoms with Crippen molar-refractivity contribution >= 4 is 39.7 Å². The van der Waals surface area contributed by atoms with Crippen LogP contribution in [0.15, 0.2) is 44.4 Å². The number of aryl methyl sites for hydroxylation is 1. The van der Waals surface area contributed by atoms with Crippen molar-refractivity contribution in [1.82, 2.24) is 0 Å². The van der Waals surface area contributed by atoms with Crippen LogP contribution in [0.4, 0.5) is 0 Å². The van der Waals surface area contributed by atoms with E-state index in [2.05, 4.69) is 0 Å². The summed E-state index contributed by atoms with van der Waals surface area (Å²) >= 11 is 1.55. The molecule has 0 bridgehead atoms. The van der Waals surface area contributed by atoms with Gasteiger partial charge in [0.2, 0.25) is 5.43 Å². The molecule has 4 nitrogen and oxygen atoms in total. The maximum Gasteiger partial charge on any atom is 0.335 e. The maximum absolute atomic E-state index is 12.6. The van der Waals surface area contributed by atoms with Gasteiger partial charge in [0, 0.05) is 4.90 Å². The quantitative estimate of drug-likeness (QED) is 0.577. The van der Waals surface area contributed by atoms with Crippen LogP contribution >= 0.6 is 11.8 Å². The summed E-state index contributed by atoms with van der Waals surface area (Å²) in [4.78, 5) is 24.6. The SMILES string of the molecule is CSc1cc(C)c2oc3ccc(C(=O)O)cc3c(=O)c2c1. The monoisotopic (exact) mass is 300 g/mol. The number of aromatic carboxylic acids is 1. The Kier molecular flexibility index (Phi) is 3.22. The second kappa shape index (κ2) is 4.93. The Bertz CT molecular complexity index is 940. The summed E-state index contributed by atoms with van der Waals surface area (Å²) in [5, 5.41) is 9.81. The molecule has 106 valence electrons. The summed E-state index contributed by atoms with van der Waals surface area (Å²) in [6, 6.07) is 8.08. The molecule has 0 fully saturated rings. The van der Waals surface area contributed by atoms with Gasteiger partial charge in [0.15, 0.2) is 0 Å². The maximum atomic E-state index is 12.6. The summed E-state index contributed by atoms with van der Waals surface area (Å²) in [7, 11) is 0. The van der Waals surface area contributed by atoms with Gasteiger partial charge >= 0.3 is 5.97 Å². The molecule has 0 atom stereocenters. The van der Waals surface area contributed by atoms with Crippen LogP contribution in [0.1, 0.15) is 15.9 Å². The average molecular weight is 300 g/mol. The van der Waals surface area contributed by atoms with Crippen molar-refractivity contribution in [2.24, 2.45) is 0 Å². The van der Waals surface area contributed by atoms with E-state index in [4.69, 9.17) is 9.52 Å². The highest BCUT2D eigenvalue weighted by molar-refractivity contribution is 7.98. The topological polar surface area (TPSA) is 67.5 Å². The van der Waals surface area contributed by atoms with E-state index >= 15 is 0 Å². The van der Waals surface area contributed by atoms with Crippen LogP contribution in [0.25, 0.3) is 21.9 Å². The average Bonchev–Trinajstić information content (AvgIpc) is 2.48. The number of carbonyl (C=O) groups is 1. The Labute approximate surface area is 124 Å². The molecule has 0 aliphatic carbocycles. The van der Waals surface area contributed by atoms with Gasteiger partial charge in [0.05, 0.1) is 16.3 Å². The van der Waals surface area contributed by atoms with E-state index in [0.717, 1.165) is 10.5 Å². The minimum atomic E-state index is -1.06. The Morgan fingerprint density at radius 3 is 2.62 bits per heavy atom. The lowest BCUT2D eigenvalue weighted by Crippen LogP contribution is -2.05. The molecule has 5 heteroatoms. The zero-order chi connectivity index (χ0) is 15.1. The summed E-state index contributed by atoms with van der Waals surface area (Å²) < 4.78 is 5.79. The predicted molar refractivity (Wildman–Crippen MR) is 83.5 cm³/mol. The molecule has 0 radical (unpaired) electrons. The first-order chi connectivity index (χ1) is 10.0. The van der Waals surface area contributed by atoms with Crippen molar-refractivity contribution in [2.45, 2.75) is 11.8 Å². The number of rotatable bonds is 2. The molecule has 1 N–H and O–H groups in total. The molecule has 0 saturated carbocycles. The Morgan fingerprint density at radius 1 is 1.19 bits per heavy atom. The van der Waals surface area contributed by atoms with E-state index < -0.39 is 5.97 Å². The second-order valence-electron chi connectivity index (χ2n) is 4.77. The third kappa shape index (κ3) is 2.19. The molecule has 0 aliphatic rings. The minimum absolute atomic E-state index is 0.0758. The van der Waals surface area contributed by atoms with Gasteiger partial charge in [-0.2, -0.15) is 0 Å². The smallest absolute Gasteiger partial charge is 0.335 e.